The molecule has 0 fully saturated rings. The Labute approximate surface area is 155 Å². The minimum absolute atomic E-state index is 0.114. The molecule has 27 heavy (non-hydrogen) atoms. The number of aryl methyl sites for hydroxylation is 1. The molecule has 140 valence electrons. The molecule has 0 saturated carbocycles. The van der Waals surface area contributed by atoms with Crippen molar-refractivity contribution >= 4 is 11.6 Å². The first kappa shape index (κ1) is 18.3. The van der Waals surface area contributed by atoms with Gasteiger partial charge in [-0.1, -0.05) is 0 Å². The molecule has 1 amide bonds. The number of carbonyl (C=O) groups excluding carboxylic acids is 1. The van der Waals surface area contributed by atoms with Crippen molar-refractivity contribution in [1.82, 2.24) is 19.7 Å². The van der Waals surface area contributed by atoms with Crippen LogP contribution in [0.3, 0.4) is 0 Å². The molecule has 0 atom stereocenters. The van der Waals surface area contributed by atoms with E-state index in [0.717, 1.165) is 5.76 Å². The van der Waals surface area contributed by atoms with Gasteiger partial charge in [-0.05, 0) is 45.0 Å². The fourth-order valence-electron chi connectivity index (χ4n) is 2.72. The Morgan fingerprint density at radius 2 is 2.11 bits per heavy atom. The van der Waals surface area contributed by atoms with E-state index < -0.39 is 4.92 Å². The van der Waals surface area contributed by atoms with Crippen LogP contribution in [0, 0.1) is 17.0 Å². The van der Waals surface area contributed by atoms with Crippen LogP contribution in [0.15, 0.2) is 47.4 Å². The Bertz CT molecular complexity index is 962. The van der Waals surface area contributed by atoms with E-state index in [2.05, 4.69) is 10.1 Å². The van der Waals surface area contributed by atoms with Crippen molar-refractivity contribution in [1.29, 1.82) is 0 Å². The van der Waals surface area contributed by atoms with Crippen molar-refractivity contribution in [2.24, 2.45) is 0 Å². The van der Waals surface area contributed by atoms with Crippen molar-refractivity contribution in [2.75, 3.05) is 0 Å². The van der Waals surface area contributed by atoms with Crippen molar-refractivity contribution in [2.45, 2.75) is 33.4 Å². The highest BCUT2D eigenvalue weighted by molar-refractivity contribution is 5.95. The summed E-state index contributed by atoms with van der Waals surface area (Å²) >= 11 is 0. The number of carbonyl (C=O) groups is 1. The maximum atomic E-state index is 13.0. The molecule has 1 aromatic carbocycles. The smallest absolute Gasteiger partial charge is 0.295 e. The lowest BCUT2D eigenvalue weighted by molar-refractivity contribution is -0.384. The van der Waals surface area contributed by atoms with Crippen LogP contribution in [-0.4, -0.2) is 36.5 Å². The number of hydrogen-bond acceptors (Lipinski definition) is 6. The number of furan rings is 1. The summed E-state index contributed by atoms with van der Waals surface area (Å²) in [6.07, 6.45) is 2.65. The van der Waals surface area contributed by atoms with Gasteiger partial charge in [0.25, 0.3) is 11.6 Å². The fourth-order valence-corrected chi connectivity index (χ4v) is 2.72. The van der Waals surface area contributed by atoms with Crippen LogP contribution in [0.5, 0.6) is 0 Å². The predicted octanol–water partition coefficient (Wildman–Crippen LogP) is 3.13. The Balaban J connectivity index is 1.94. The quantitative estimate of drug-likeness (QED) is 0.488. The average Bonchev–Trinajstić information content (AvgIpc) is 3.30. The van der Waals surface area contributed by atoms with E-state index in [0.29, 0.717) is 5.76 Å². The number of aromatic nitrogens is 3. The van der Waals surface area contributed by atoms with E-state index >= 15 is 0 Å². The predicted molar refractivity (Wildman–Crippen MR) is 96.5 cm³/mol. The standard InChI is InChI=1S/C18H19N5O4/c1-12(2)21(9-15-6-4-13(3)27-15)18(24)14-5-7-16(17(8-14)23(25)26)22-11-19-10-20-22/h4-8,10-12H,9H2,1-3H3. The minimum atomic E-state index is -0.538. The molecule has 2 aromatic heterocycles. The normalized spacial score (nSPS) is 11.0. The van der Waals surface area contributed by atoms with Crippen LogP contribution in [0.4, 0.5) is 5.69 Å². The lowest BCUT2D eigenvalue weighted by Gasteiger charge is -2.26. The molecule has 0 saturated heterocycles. The summed E-state index contributed by atoms with van der Waals surface area (Å²) in [4.78, 5) is 29.4. The third kappa shape index (κ3) is 3.86. The van der Waals surface area contributed by atoms with Gasteiger partial charge in [-0.15, -0.1) is 0 Å². The van der Waals surface area contributed by atoms with Crippen LogP contribution in [0.1, 0.15) is 35.7 Å². The van der Waals surface area contributed by atoms with E-state index in [-0.39, 0.29) is 35.4 Å². The zero-order valence-corrected chi connectivity index (χ0v) is 15.2. The molecule has 0 unspecified atom stereocenters. The molecule has 9 heteroatoms. The Hall–Kier alpha value is -3.49. The van der Waals surface area contributed by atoms with Gasteiger partial charge in [0.2, 0.25) is 0 Å². The van der Waals surface area contributed by atoms with Gasteiger partial charge < -0.3 is 9.32 Å². The summed E-state index contributed by atoms with van der Waals surface area (Å²) in [5.74, 6) is 1.10. The minimum Gasteiger partial charge on any atom is -0.464 e. The van der Waals surface area contributed by atoms with E-state index in [4.69, 9.17) is 4.42 Å². The van der Waals surface area contributed by atoms with Gasteiger partial charge in [0.15, 0.2) is 0 Å². The van der Waals surface area contributed by atoms with E-state index in [1.807, 2.05) is 32.9 Å². The zero-order chi connectivity index (χ0) is 19.6. The maximum absolute atomic E-state index is 13.0. The number of benzene rings is 1. The molecule has 9 nitrogen and oxygen atoms in total. The fraction of sp³-hybridized carbons (Fsp3) is 0.278. The van der Waals surface area contributed by atoms with Crippen LogP contribution in [0.2, 0.25) is 0 Å². The first-order valence-corrected chi connectivity index (χ1v) is 8.36. The molecular weight excluding hydrogens is 350 g/mol. The number of nitro groups is 1. The largest absolute Gasteiger partial charge is 0.464 e. The summed E-state index contributed by atoms with van der Waals surface area (Å²) in [5.41, 5.74) is 0.248. The summed E-state index contributed by atoms with van der Waals surface area (Å²) in [7, 11) is 0. The maximum Gasteiger partial charge on any atom is 0.295 e. The van der Waals surface area contributed by atoms with Gasteiger partial charge in [-0.25, -0.2) is 9.67 Å². The molecule has 0 bridgehead atoms. The molecule has 0 aliphatic rings. The highest BCUT2D eigenvalue weighted by Crippen LogP contribution is 2.25. The number of rotatable bonds is 6. The van der Waals surface area contributed by atoms with Crippen LogP contribution in [-0.2, 0) is 6.54 Å². The van der Waals surface area contributed by atoms with Gasteiger partial charge in [0.05, 0.1) is 11.5 Å². The summed E-state index contributed by atoms with van der Waals surface area (Å²) in [6.45, 7) is 5.87. The second kappa shape index (κ2) is 7.40. The number of amides is 1. The first-order chi connectivity index (χ1) is 12.9. The second-order valence-electron chi connectivity index (χ2n) is 6.34. The topological polar surface area (TPSA) is 107 Å². The molecular formula is C18H19N5O4. The van der Waals surface area contributed by atoms with Gasteiger partial charge in [0, 0.05) is 17.7 Å². The van der Waals surface area contributed by atoms with Gasteiger partial charge in [-0.2, -0.15) is 5.10 Å². The number of hydrogen-bond donors (Lipinski definition) is 0. The molecule has 2 heterocycles. The van der Waals surface area contributed by atoms with Crippen molar-refractivity contribution < 1.29 is 14.1 Å². The van der Waals surface area contributed by atoms with Crippen LogP contribution >= 0.6 is 0 Å². The van der Waals surface area contributed by atoms with Crippen LogP contribution in [0.25, 0.3) is 5.69 Å². The summed E-state index contributed by atoms with van der Waals surface area (Å²) < 4.78 is 6.85. The molecule has 3 rings (SSSR count). The molecule has 3 aromatic rings. The third-order valence-electron chi connectivity index (χ3n) is 4.09. The zero-order valence-electron chi connectivity index (χ0n) is 15.2. The second-order valence-corrected chi connectivity index (χ2v) is 6.34. The van der Waals surface area contributed by atoms with Crippen molar-refractivity contribution in [3.8, 4) is 5.69 Å². The van der Waals surface area contributed by atoms with Crippen molar-refractivity contribution in [3.63, 3.8) is 0 Å². The number of nitrogens with zero attached hydrogens (tertiary/aromatic N) is 5. The summed E-state index contributed by atoms with van der Waals surface area (Å²) in [5, 5.41) is 15.4. The molecule has 0 radical (unpaired) electrons. The Morgan fingerprint density at radius 3 is 2.67 bits per heavy atom. The van der Waals surface area contributed by atoms with Gasteiger partial charge in [-0.3, -0.25) is 14.9 Å². The first-order valence-electron chi connectivity index (χ1n) is 8.36. The highest BCUT2D eigenvalue weighted by atomic mass is 16.6. The van der Waals surface area contributed by atoms with E-state index in [9.17, 15) is 14.9 Å². The average molecular weight is 369 g/mol. The molecule has 0 spiro atoms. The molecule has 0 N–H and O–H groups in total. The third-order valence-corrected chi connectivity index (χ3v) is 4.09. The lowest BCUT2D eigenvalue weighted by atomic mass is 10.1. The monoisotopic (exact) mass is 369 g/mol. The van der Waals surface area contributed by atoms with Gasteiger partial charge in [0.1, 0.15) is 29.9 Å². The highest BCUT2D eigenvalue weighted by Gasteiger charge is 2.24. The Morgan fingerprint density at radius 1 is 1.33 bits per heavy atom. The van der Waals surface area contributed by atoms with Crippen LogP contribution < -0.4 is 0 Å². The number of nitro benzene ring substituents is 1. The van der Waals surface area contributed by atoms with Crippen molar-refractivity contribution in [3.05, 3.63) is 70.2 Å². The van der Waals surface area contributed by atoms with Gasteiger partial charge >= 0.3 is 0 Å². The van der Waals surface area contributed by atoms with E-state index in [1.165, 1.54) is 29.5 Å². The molecule has 0 aliphatic heterocycles. The lowest BCUT2D eigenvalue weighted by Crippen LogP contribution is -2.36. The Kier molecular flexibility index (Phi) is 5.02. The van der Waals surface area contributed by atoms with E-state index in [1.54, 1.807) is 11.0 Å². The SMILES string of the molecule is Cc1ccc(CN(C(=O)c2ccc(-n3cncn3)c([N+](=O)[O-])c2)C(C)C)o1. The summed E-state index contributed by atoms with van der Waals surface area (Å²) in [6, 6.07) is 7.84. The molecule has 0 aliphatic carbocycles.